The van der Waals surface area contributed by atoms with Gasteiger partial charge in [-0.1, -0.05) is 32.8 Å². The van der Waals surface area contributed by atoms with Crippen molar-refractivity contribution in [2.45, 2.75) is 38.4 Å². The first-order chi connectivity index (χ1) is 6.91. The molecule has 0 fully saturated rings. The molecule has 0 saturated carbocycles. The van der Waals surface area contributed by atoms with Gasteiger partial charge in [0.25, 0.3) is 0 Å². The van der Waals surface area contributed by atoms with Crippen LogP contribution >= 0.6 is 7.60 Å². The van der Waals surface area contributed by atoms with E-state index in [1.165, 1.54) is 0 Å². The van der Waals surface area contributed by atoms with Gasteiger partial charge in [0.15, 0.2) is 0 Å². The van der Waals surface area contributed by atoms with E-state index in [9.17, 15) is 9.36 Å². The molecule has 0 spiro atoms. The van der Waals surface area contributed by atoms with Crippen LogP contribution in [0.3, 0.4) is 0 Å². The van der Waals surface area contributed by atoms with Gasteiger partial charge in [0.2, 0.25) is 5.91 Å². The van der Waals surface area contributed by atoms with Crippen molar-refractivity contribution in [3.05, 3.63) is 12.7 Å². The second-order valence-electron chi connectivity index (χ2n) is 3.31. The quantitative estimate of drug-likeness (QED) is 0.353. The molecule has 0 aromatic heterocycles. The highest BCUT2D eigenvalue weighted by molar-refractivity contribution is 7.52. The number of nitrogens with one attached hydrogen (secondary N) is 1. The van der Waals surface area contributed by atoms with Crippen LogP contribution in [-0.4, -0.2) is 21.5 Å². The minimum absolute atomic E-state index is 0.289. The number of unbranched alkanes of at least 4 members (excludes halogenated alkanes) is 2. The summed E-state index contributed by atoms with van der Waals surface area (Å²) in [5, 5.41) is 2.25. The molecule has 0 aromatic rings. The maximum atomic E-state index is 11.0. The lowest BCUT2D eigenvalue weighted by Gasteiger charge is -2.18. The van der Waals surface area contributed by atoms with E-state index in [0.29, 0.717) is 6.42 Å². The first-order valence-corrected chi connectivity index (χ1v) is 6.58. The third kappa shape index (κ3) is 6.44. The summed E-state index contributed by atoms with van der Waals surface area (Å²) in [6, 6.07) is 0. The molecule has 1 atom stereocenters. The molecule has 88 valence electrons. The van der Waals surface area contributed by atoms with Gasteiger partial charge in [0.05, 0.1) is 0 Å². The van der Waals surface area contributed by atoms with E-state index in [2.05, 4.69) is 11.9 Å². The zero-order chi connectivity index (χ0) is 11.9. The summed E-state index contributed by atoms with van der Waals surface area (Å²) in [7, 11) is -4.26. The fourth-order valence-electron chi connectivity index (χ4n) is 1.14. The van der Waals surface area contributed by atoms with Crippen molar-refractivity contribution < 1.29 is 19.1 Å². The normalized spacial score (nSPS) is 13.3. The average Bonchev–Trinajstić information content (AvgIpc) is 2.14. The van der Waals surface area contributed by atoms with Crippen LogP contribution < -0.4 is 5.32 Å². The number of hydrogen-bond acceptors (Lipinski definition) is 2. The molecule has 0 aliphatic carbocycles. The van der Waals surface area contributed by atoms with Crippen LogP contribution in [0.5, 0.6) is 0 Å². The van der Waals surface area contributed by atoms with E-state index in [0.717, 1.165) is 18.9 Å². The molecule has 1 unspecified atom stereocenters. The highest BCUT2D eigenvalue weighted by Crippen LogP contribution is 2.42. The van der Waals surface area contributed by atoms with Crippen LogP contribution in [-0.2, 0) is 9.36 Å². The van der Waals surface area contributed by atoms with Crippen molar-refractivity contribution in [3.63, 3.8) is 0 Å². The predicted octanol–water partition coefficient (Wildman–Crippen LogP) is 1.37. The zero-order valence-electron chi connectivity index (χ0n) is 8.85. The summed E-state index contributed by atoms with van der Waals surface area (Å²) >= 11 is 0. The molecular weight excluding hydrogens is 217 g/mol. The van der Waals surface area contributed by atoms with Crippen molar-refractivity contribution in [2.24, 2.45) is 0 Å². The third-order valence-corrected chi connectivity index (χ3v) is 3.18. The highest BCUT2D eigenvalue weighted by Gasteiger charge is 2.28. The molecule has 0 saturated heterocycles. The maximum absolute atomic E-state index is 11.0. The third-order valence-electron chi connectivity index (χ3n) is 1.98. The molecule has 0 rings (SSSR count). The standard InChI is InChI=1S/C9H18NO4P/c1-3-5-6-7-9(15(12,13)14)10-8(11)4-2/h4,9H,2-3,5-7H2,1H3,(H,10,11)(H2,12,13,14). The molecule has 0 aliphatic rings. The molecule has 0 bridgehead atoms. The SMILES string of the molecule is C=CC(=O)NC(CCCCC)P(=O)(O)O. The van der Waals surface area contributed by atoms with E-state index >= 15 is 0 Å². The number of carbonyl (C=O) groups excluding carboxylic acids is 1. The van der Waals surface area contributed by atoms with Crippen molar-refractivity contribution in [1.29, 1.82) is 0 Å². The Balaban J connectivity index is 4.26. The number of carbonyl (C=O) groups is 1. The number of amides is 1. The van der Waals surface area contributed by atoms with Gasteiger partial charge in [-0.25, -0.2) is 0 Å². The van der Waals surface area contributed by atoms with Crippen molar-refractivity contribution in [2.75, 3.05) is 0 Å². The summed E-state index contributed by atoms with van der Waals surface area (Å²) in [6.07, 6.45) is 3.83. The number of hydrogen-bond donors (Lipinski definition) is 3. The second-order valence-corrected chi connectivity index (χ2v) is 5.11. The van der Waals surface area contributed by atoms with E-state index in [-0.39, 0.29) is 6.42 Å². The van der Waals surface area contributed by atoms with Gasteiger partial charge in [0.1, 0.15) is 5.78 Å². The van der Waals surface area contributed by atoms with Crippen molar-refractivity contribution >= 4 is 13.5 Å². The Bertz CT molecular complexity index is 261. The summed E-state index contributed by atoms with van der Waals surface area (Å²) in [6.45, 7) is 5.22. The molecule has 0 heterocycles. The van der Waals surface area contributed by atoms with Crippen molar-refractivity contribution in [1.82, 2.24) is 5.32 Å². The molecule has 0 aromatic carbocycles. The van der Waals surface area contributed by atoms with Gasteiger partial charge in [-0.2, -0.15) is 0 Å². The molecular formula is C9H18NO4P. The van der Waals surface area contributed by atoms with Gasteiger partial charge >= 0.3 is 7.60 Å². The van der Waals surface area contributed by atoms with Crippen LogP contribution in [0.25, 0.3) is 0 Å². The Labute approximate surface area is 89.7 Å². The summed E-state index contributed by atoms with van der Waals surface area (Å²) < 4.78 is 11.0. The second kappa shape index (κ2) is 6.77. The van der Waals surface area contributed by atoms with Crippen LogP contribution in [0.2, 0.25) is 0 Å². The summed E-state index contributed by atoms with van der Waals surface area (Å²) in [5.41, 5.74) is 0. The van der Waals surface area contributed by atoms with Gasteiger partial charge in [0, 0.05) is 0 Å². The lowest BCUT2D eigenvalue weighted by Crippen LogP contribution is -2.33. The Hall–Kier alpha value is -0.640. The molecule has 3 N–H and O–H groups in total. The predicted molar refractivity (Wildman–Crippen MR) is 58.3 cm³/mol. The fourth-order valence-corrected chi connectivity index (χ4v) is 1.95. The topological polar surface area (TPSA) is 86.6 Å². The van der Waals surface area contributed by atoms with Gasteiger partial charge in [-0.05, 0) is 12.5 Å². The van der Waals surface area contributed by atoms with E-state index < -0.39 is 19.3 Å². The zero-order valence-corrected chi connectivity index (χ0v) is 9.74. The van der Waals surface area contributed by atoms with Gasteiger partial charge in [-0.15, -0.1) is 0 Å². The molecule has 5 nitrogen and oxygen atoms in total. The first-order valence-electron chi connectivity index (χ1n) is 4.90. The Morgan fingerprint density at radius 1 is 1.53 bits per heavy atom. The van der Waals surface area contributed by atoms with Crippen LogP contribution in [0.4, 0.5) is 0 Å². The van der Waals surface area contributed by atoms with Crippen LogP contribution in [0, 0.1) is 0 Å². The summed E-state index contributed by atoms with van der Waals surface area (Å²) in [4.78, 5) is 28.9. The number of rotatable bonds is 7. The fraction of sp³-hybridized carbons (Fsp3) is 0.667. The van der Waals surface area contributed by atoms with Gasteiger partial charge < -0.3 is 15.1 Å². The lowest BCUT2D eigenvalue weighted by molar-refractivity contribution is -0.116. The van der Waals surface area contributed by atoms with E-state index in [1.807, 2.05) is 6.92 Å². The minimum Gasteiger partial charge on any atom is -0.338 e. The van der Waals surface area contributed by atoms with E-state index in [4.69, 9.17) is 9.79 Å². The maximum Gasteiger partial charge on any atom is 0.347 e. The summed E-state index contributed by atoms with van der Waals surface area (Å²) in [5.74, 6) is -1.64. The molecule has 15 heavy (non-hydrogen) atoms. The molecule has 0 radical (unpaired) electrons. The van der Waals surface area contributed by atoms with Crippen LogP contribution in [0.15, 0.2) is 12.7 Å². The lowest BCUT2D eigenvalue weighted by atomic mass is 10.2. The van der Waals surface area contributed by atoms with E-state index in [1.54, 1.807) is 0 Å². The van der Waals surface area contributed by atoms with Crippen LogP contribution in [0.1, 0.15) is 32.6 Å². The minimum atomic E-state index is -4.26. The Morgan fingerprint density at radius 2 is 2.13 bits per heavy atom. The molecule has 0 aliphatic heterocycles. The Morgan fingerprint density at radius 3 is 2.53 bits per heavy atom. The first kappa shape index (κ1) is 14.4. The average molecular weight is 235 g/mol. The highest BCUT2D eigenvalue weighted by atomic mass is 31.2. The van der Waals surface area contributed by atoms with Gasteiger partial charge in [-0.3, -0.25) is 9.36 Å². The largest absolute Gasteiger partial charge is 0.347 e. The monoisotopic (exact) mass is 235 g/mol. The van der Waals surface area contributed by atoms with Crippen molar-refractivity contribution in [3.8, 4) is 0 Å². The smallest absolute Gasteiger partial charge is 0.338 e. The Kier molecular flexibility index (Phi) is 6.48. The molecule has 1 amide bonds. The molecule has 6 heteroatoms.